The van der Waals surface area contributed by atoms with Gasteiger partial charge in [0, 0.05) is 11.3 Å². The Kier molecular flexibility index (Phi) is 4.05. The molecule has 2 aromatic rings. The molecule has 1 N–H and O–H groups in total. The molecule has 20 heavy (non-hydrogen) atoms. The van der Waals surface area contributed by atoms with Crippen molar-refractivity contribution in [1.82, 2.24) is 0 Å². The smallest absolute Gasteiger partial charge is 0.152 e. The number of benzene rings is 2. The first-order chi connectivity index (χ1) is 9.31. The molecule has 0 radical (unpaired) electrons. The van der Waals surface area contributed by atoms with Gasteiger partial charge in [-0.3, -0.25) is 0 Å². The Morgan fingerprint density at radius 1 is 0.800 bits per heavy atom. The van der Waals surface area contributed by atoms with Crippen LogP contribution in [0.3, 0.4) is 0 Å². The molecule has 0 fully saturated rings. The average Bonchev–Trinajstić information content (AvgIpc) is 2.38. The van der Waals surface area contributed by atoms with Crippen LogP contribution in [0.1, 0.15) is 20.8 Å². The molecular formula is C18H25NSi. The van der Waals surface area contributed by atoms with Gasteiger partial charge in [-0.1, -0.05) is 82.4 Å². The van der Waals surface area contributed by atoms with Gasteiger partial charge in [0.05, 0.1) is 0 Å². The van der Waals surface area contributed by atoms with E-state index >= 15 is 0 Å². The summed E-state index contributed by atoms with van der Waals surface area (Å²) in [5.41, 5.74) is 3.82. The highest BCUT2D eigenvalue weighted by molar-refractivity contribution is 6.83. The Hall–Kier alpha value is -1.54. The normalized spacial score (nSPS) is 12.2. The van der Waals surface area contributed by atoms with Crippen molar-refractivity contribution < 1.29 is 0 Å². The quantitative estimate of drug-likeness (QED) is 0.705. The minimum Gasteiger partial charge on any atom is -0.410 e. The van der Waals surface area contributed by atoms with E-state index < -0.39 is 8.24 Å². The fourth-order valence-corrected chi connectivity index (χ4v) is 3.25. The van der Waals surface area contributed by atoms with Crippen LogP contribution in [0.5, 0.6) is 0 Å². The van der Waals surface area contributed by atoms with E-state index in [-0.39, 0.29) is 0 Å². The molecule has 0 saturated heterocycles. The van der Waals surface area contributed by atoms with E-state index in [2.05, 4.69) is 93.4 Å². The third-order valence-corrected chi connectivity index (χ3v) is 8.98. The summed E-state index contributed by atoms with van der Waals surface area (Å²) in [4.78, 5) is 3.86. The molecule has 2 rings (SSSR count). The van der Waals surface area contributed by atoms with Crippen LogP contribution in [-0.2, 0) is 0 Å². The molecule has 2 heteroatoms. The zero-order chi connectivity index (χ0) is 14.8. The molecule has 0 atom stereocenters. The molecule has 0 saturated carbocycles. The van der Waals surface area contributed by atoms with Crippen LogP contribution in [0, 0.1) is 0 Å². The summed E-state index contributed by atoms with van der Waals surface area (Å²) in [7, 11) is -1.56. The van der Waals surface area contributed by atoms with Crippen LogP contribution in [-0.4, -0.2) is 8.24 Å². The third-order valence-electron chi connectivity index (χ3n) is 4.33. The predicted octanol–water partition coefficient (Wildman–Crippen LogP) is 5.77. The monoisotopic (exact) mass is 283 g/mol. The largest absolute Gasteiger partial charge is 0.410 e. The minimum absolute atomic E-state index is 0.316. The zero-order valence-electron chi connectivity index (χ0n) is 13.2. The Labute approximate surface area is 124 Å². The van der Waals surface area contributed by atoms with Gasteiger partial charge in [0.25, 0.3) is 0 Å². The van der Waals surface area contributed by atoms with Crippen molar-refractivity contribution in [3.63, 3.8) is 0 Å². The number of hydrogen-bond donors (Lipinski definition) is 1. The summed E-state index contributed by atoms with van der Waals surface area (Å²) in [6.07, 6.45) is 0. The lowest BCUT2D eigenvalue weighted by Gasteiger charge is -2.38. The van der Waals surface area contributed by atoms with Crippen molar-refractivity contribution in [1.29, 1.82) is 0 Å². The first-order valence-corrected chi connectivity index (χ1v) is 10.2. The van der Waals surface area contributed by atoms with E-state index in [0.717, 1.165) is 0 Å². The summed E-state index contributed by atoms with van der Waals surface area (Å²) in [6, 6.07) is 19.2. The lowest BCUT2D eigenvalue weighted by atomic mass is 10.0. The number of hydrogen-bond acceptors (Lipinski definition) is 1. The van der Waals surface area contributed by atoms with Gasteiger partial charge in [-0.15, -0.1) is 0 Å². The highest BCUT2D eigenvalue weighted by atomic mass is 28.3. The Morgan fingerprint density at radius 3 is 1.95 bits per heavy atom. The summed E-state index contributed by atoms with van der Waals surface area (Å²) in [5.74, 6) is 0. The summed E-state index contributed by atoms with van der Waals surface area (Å²) in [6.45, 7) is 11.8. The van der Waals surface area contributed by atoms with Crippen molar-refractivity contribution in [2.24, 2.45) is 0 Å². The molecule has 0 bridgehead atoms. The number of nitrogens with one attached hydrogen (secondary N) is 1. The van der Waals surface area contributed by atoms with E-state index in [4.69, 9.17) is 0 Å². The lowest BCUT2D eigenvalue weighted by Crippen LogP contribution is -2.45. The maximum Gasteiger partial charge on any atom is 0.152 e. The van der Waals surface area contributed by atoms with Crippen LogP contribution >= 0.6 is 0 Å². The van der Waals surface area contributed by atoms with Gasteiger partial charge in [0.2, 0.25) is 0 Å². The Balaban J connectivity index is 2.40. The van der Waals surface area contributed by atoms with Crippen molar-refractivity contribution in [3.05, 3.63) is 54.6 Å². The van der Waals surface area contributed by atoms with E-state index in [9.17, 15) is 0 Å². The second-order valence-electron chi connectivity index (χ2n) is 6.91. The van der Waals surface area contributed by atoms with Gasteiger partial charge in [-0.25, -0.2) is 0 Å². The number of anilines is 1. The van der Waals surface area contributed by atoms with Gasteiger partial charge in [0.1, 0.15) is 0 Å². The summed E-state index contributed by atoms with van der Waals surface area (Å²) >= 11 is 0. The van der Waals surface area contributed by atoms with Crippen molar-refractivity contribution in [3.8, 4) is 11.1 Å². The van der Waals surface area contributed by atoms with E-state index in [1.807, 2.05) is 0 Å². The number of rotatable bonds is 3. The molecule has 0 aliphatic carbocycles. The highest BCUT2D eigenvalue weighted by Gasteiger charge is 2.36. The van der Waals surface area contributed by atoms with Gasteiger partial charge >= 0.3 is 0 Å². The van der Waals surface area contributed by atoms with Crippen LogP contribution in [0.4, 0.5) is 5.69 Å². The van der Waals surface area contributed by atoms with E-state index in [0.29, 0.717) is 5.04 Å². The minimum atomic E-state index is -1.56. The third kappa shape index (κ3) is 3.13. The fourth-order valence-electron chi connectivity index (χ4n) is 1.99. The number of para-hydroxylation sites is 1. The van der Waals surface area contributed by atoms with Crippen molar-refractivity contribution >= 4 is 13.9 Å². The molecule has 0 aromatic heterocycles. The molecule has 0 unspecified atom stereocenters. The molecule has 0 heterocycles. The topological polar surface area (TPSA) is 12.0 Å². The predicted molar refractivity (Wildman–Crippen MR) is 92.7 cm³/mol. The Morgan fingerprint density at radius 2 is 1.35 bits per heavy atom. The second-order valence-corrected chi connectivity index (χ2v) is 11.9. The van der Waals surface area contributed by atoms with Gasteiger partial charge < -0.3 is 4.98 Å². The molecule has 0 aliphatic heterocycles. The second kappa shape index (κ2) is 5.45. The fraction of sp³-hybridized carbons (Fsp3) is 0.333. The van der Waals surface area contributed by atoms with Crippen LogP contribution in [0.25, 0.3) is 11.1 Å². The molecule has 1 nitrogen and oxygen atoms in total. The Bertz CT molecular complexity index is 567. The van der Waals surface area contributed by atoms with E-state index in [1.165, 1.54) is 16.8 Å². The highest BCUT2D eigenvalue weighted by Crippen LogP contribution is 2.38. The maximum absolute atomic E-state index is 3.86. The van der Waals surface area contributed by atoms with Crippen LogP contribution in [0.15, 0.2) is 54.6 Å². The SMILES string of the molecule is CC(C)(C)[Si](C)(C)Nc1ccccc1-c1ccccc1. The molecule has 0 spiro atoms. The summed E-state index contributed by atoms with van der Waals surface area (Å²) in [5, 5.41) is 0.316. The maximum atomic E-state index is 3.86. The van der Waals surface area contributed by atoms with Gasteiger partial charge in [0.15, 0.2) is 8.24 Å². The summed E-state index contributed by atoms with van der Waals surface area (Å²) < 4.78 is 0. The standard InChI is InChI=1S/C18H25NSi/c1-18(2,3)20(4,5)19-17-14-10-9-13-16(17)15-11-7-6-8-12-15/h6-14,19H,1-5H3. The average molecular weight is 283 g/mol. The van der Waals surface area contributed by atoms with Crippen LogP contribution in [0.2, 0.25) is 18.1 Å². The van der Waals surface area contributed by atoms with Gasteiger partial charge in [-0.2, -0.15) is 0 Å². The lowest BCUT2D eigenvalue weighted by molar-refractivity contribution is 0.723. The van der Waals surface area contributed by atoms with Crippen LogP contribution < -0.4 is 4.98 Å². The molecule has 106 valence electrons. The molecular weight excluding hydrogens is 258 g/mol. The van der Waals surface area contributed by atoms with Crippen molar-refractivity contribution in [2.75, 3.05) is 4.98 Å². The molecule has 0 amide bonds. The van der Waals surface area contributed by atoms with Crippen molar-refractivity contribution in [2.45, 2.75) is 38.9 Å². The first kappa shape index (κ1) is 14.9. The van der Waals surface area contributed by atoms with E-state index in [1.54, 1.807) is 0 Å². The van der Waals surface area contributed by atoms with Gasteiger partial charge in [-0.05, 0) is 16.7 Å². The molecule has 2 aromatic carbocycles. The first-order valence-electron chi connectivity index (χ1n) is 7.24. The molecule has 0 aliphatic rings. The zero-order valence-corrected chi connectivity index (χ0v) is 14.2.